The van der Waals surface area contributed by atoms with E-state index in [0.29, 0.717) is 57.1 Å². The van der Waals surface area contributed by atoms with Crippen LogP contribution >= 0.6 is 0 Å². The van der Waals surface area contributed by atoms with Crippen LogP contribution in [0.25, 0.3) is 0 Å². The molecule has 0 aliphatic carbocycles. The predicted octanol–water partition coefficient (Wildman–Crippen LogP) is 0.00542. The monoisotopic (exact) mass is 359 g/mol. The average Bonchev–Trinajstić information content (AvgIpc) is 3.14. The largest absolute Gasteiger partial charge is 0.379 e. The molecule has 24 heavy (non-hydrogen) atoms. The van der Waals surface area contributed by atoms with Crippen LogP contribution in [0.15, 0.2) is 4.52 Å². The van der Waals surface area contributed by atoms with Crippen LogP contribution < -0.4 is 9.62 Å². The number of morpholine rings is 1. The van der Waals surface area contributed by atoms with Crippen molar-refractivity contribution in [2.45, 2.75) is 26.8 Å². The van der Waals surface area contributed by atoms with Crippen LogP contribution in [0, 0.1) is 18.8 Å². The van der Waals surface area contributed by atoms with Crippen LogP contribution in [0.1, 0.15) is 19.7 Å². The Morgan fingerprint density at radius 3 is 2.54 bits per heavy atom. The number of ether oxygens (including phenoxy) is 1. The Morgan fingerprint density at radius 2 is 1.96 bits per heavy atom. The summed E-state index contributed by atoms with van der Waals surface area (Å²) in [5.41, 5.74) is 0. The number of nitrogens with zero attached hydrogens (tertiary/aromatic N) is 4. The van der Waals surface area contributed by atoms with Crippen molar-refractivity contribution >= 4 is 16.2 Å². The van der Waals surface area contributed by atoms with E-state index in [2.05, 4.69) is 28.7 Å². The Labute approximate surface area is 142 Å². The molecule has 9 nitrogen and oxygen atoms in total. The summed E-state index contributed by atoms with van der Waals surface area (Å²) in [6, 6.07) is -0.184. The molecule has 2 aliphatic heterocycles. The second kappa shape index (κ2) is 6.95. The molecule has 1 aromatic heterocycles. The van der Waals surface area contributed by atoms with Crippen molar-refractivity contribution in [3.05, 3.63) is 5.89 Å². The first-order chi connectivity index (χ1) is 11.4. The summed E-state index contributed by atoms with van der Waals surface area (Å²) in [6.07, 6.45) is 0. The molecule has 2 fully saturated rings. The molecule has 10 heteroatoms. The van der Waals surface area contributed by atoms with Crippen LogP contribution in [-0.4, -0.2) is 68.3 Å². The summed E-state index contributed by atoms with van der Waals surface area (Å²) in [5.74, 6) is 1.54. The minimum absolute atomic E-state index is 0.180. The number of nitrogens with one attached hydrogen (secondary N) is 1. The number of aryl methyl sites for hydroxylation is 1. The SMILES string of the molecule is Cc1nc(N2C[C@H](NS(=O)(=O)N3CCOCC3)[C@@H](C(C)C)C2)no1. The predicted molar refractivity (Wildman–Crippen MR) is 87.8 cm³/mol. The lowest BCUT2D eigenvalue weighted by atomic mass is 9.92. The van der Waals surface area contributed by atoms with Gasteiger partial charge < -0.3 is 14.2 Å². The summed E-state index contributed by atoms with van der Waals surface area (Å²) in [5, 5.41) is 3.95. The van der Waals surface area contributed by atoms with E-state index in [0.717, 1.165) is 0 Å². The molecule has 0 aromatic carbocycles. The number of hydrogen-bond acceptors (Lipinski definition) is 7. The Bertz CT molecular complexity index is 656. The highest BCUT2D eigenvalue weighted by Gasteiger charge is 2.40. The van der Waals surface area contributed by atoms with Gasteiger partial charge in [0.2, 0.25) is 5.89 Å². The van der Waals surface area contributed by atoms with E-state index in [-0.39, 0.29) is 12.0 Å². The van der Waals surface area contributed by atoms with Crippen molar-refractivity contribution in [3.8, 4) is 0 Å². The second-order valence-corrected chi connectivity index (χ2v) is 8.37. The van der Waals surface area contributed by atoms with Crippen LogP contribution in [0.5, 0.6) is 0 Å². The second-order valence-electron chi connectivity index (χ2n) is 6.67. The van der Waals surface area contributed by atoms with E-state index in [4.69, 9.17) is 9.26 Å². The van der Waals surface area contributed by atoms with E-state index in [9.17, 15) is 8.42 Å². The van der Waals surface area contributed by atoms with Gasteiger partial charge in [-0.2, -0.15) is 22.4 Å². The standard InChI is InChI=1S/C14H25N5O4S/c1-10(2)12-8-18(14-15-11(3)23-16-14)9-13(12)17-24(20,21)19-4-6-22-7-5-19/h10,12-13,17H,4-9H2,1-3H3/t12-,13+/m1/s1. The van der Waals surface area contributed by atoms with Gasteiger partial charge in [-0.3, -0.25) is 0 Å². The molecule has 0 amide bonds. The zero-order chi connectivity index (χ0) is 17.3. The highest BCUT2D eigenvalue weighted by molar-refractivity contribution is 7.87. The zero-order valence-electron chi connectivity index (χ0n) is 14.3. The van der Waals surface area contributed by atoms with E-state index in [1.165, 1.54) is 4.31 Å². The fourth-order valence-corrected chi connectivity index (χ4v) is 4.67. The Hall–Kier alpha value is -1.23. The lowest BCUT2D eigenvalue weighted by Gasteiger charge is -2.29. The maximum atomic E-state index is 12.6. The number of hydrogen-bond donors (Lipinski definition) is 1. The molecule has 2 atom stereocenters. The van der Waals surface area contributed by atoms with Crippen molar-refractivity contribution < 1.29 is 17.7 Å². The van der Waals surface area contributed by atoms with Gasteiger partial charge in [0.25, 0.3) is 16.2 Å². The number of aromatic nitrogens is 2. The third kappa shape index (κ3) is 3.71. The van der Waals surface area contributed by atoms with Gasteiger partial charge in [-0.25, -0.2) is 0 Å². The van der Waals surface area contributed by atoms with Crippen LogP contribution in [0.4, 0.5) is 5.95 Å². The first-order valence-electron chi connectivity index (χ1n) is 8.27. The lowest BCUT2D eigenvalue weighted by molar-refractivity contribution is 0.0722. The van der Waals surface area contributed by atoms with Crippen molar-refractivity contribution in [2.24, 2.45) is 11.8 Å². The zero-order valence-corrected chi connectivity index (χ0v) is 15.1. The molecule has 2 aliphatic rings. The maximum absolute atomic E-state index is 12.6. The van der Waals surface area contributed by atoms with Crippen LogP contribution in [0.3, 0.4) is 0 Å². The summed E-state index contributed by atoms with van der Waals surface area (Å²) in [4.78, 5) is 6.23. The third-order valence-electron chi connectivity index (χ3n) is 4.63. The normalized spacial score (nSPS) is 26.4. The number of anilines is 1. The van der Waals surface area contributed by atoms with Gasteiger partial charge >= 0.3 is 0 Å². The molecule has 0 bridgehead atoms. The van der Waals surface area contributed by atoms with Gasteiger partial charge in [-0.1, -0.05) is 13.8 Å². The highest BCUT2D eigenvalue weighted by Crippen LogP contribution is 2.28. The fraction of sp³-hybridized carbons (Fsp3) is 0.857. The smallest absolute Gasteiger partial charge is 0.279 e. The molecule has 3 rings (SSSR count). The number of rotatable bonds is 5. The first-order valence-corrected chi connectivity index (χ1v) is 9.71. The fourth-order valence-electron chi connectivity index (χ4n) is 3.26. The molecular weight excluding hydrogens is 334 g/mol. The molecule has 0 radical (unpaired) electrons. The topological polar surface area (TPSA) is 101 Å². The van der Waals surface area contributed by atoms with E-state index >= 15 is 0 Å². The van der Waals surface area contributed by atoms with Gasteiger partial charge in [-0.05, 0) is 17.0 Å². The van der Waals surface area contributed by atoms with Crippen molar-refractivity contribution in [1.82, 2.24) is 19.2 Å². The summed E-state index contributed by atoms with van der Waals surface area (Å²) in [6.45, 7) is 8.84. The molecule has 0 saturated carbocycles. The quantitative estimate of drug-likeness (QED) is 0.790. The first kappa shape index (κ1) is 17.6. The Balaban J connectivity index is 1.72. The van der Waals surface area contributed by atoms with Crippen LogP contribution in [0.2, 0.25) is 0 Å². The van der Waals surface area contributed by atoms with Crippen LogP contribution in [-0.2, 0) is 14.9 Å². The van der Waals surface area contributed by atoms with Gasteiger partial charge in [0, 0.05) is 39.1 Å². The van der Waals surface area contributed by atoms with Gasteiger partial charge in [0.1, 0.15) is 0 Å². The average molecular weight is 359 g/mol. The molecule has 136 valence electrons. The molecule has 3 heterocycles. The van der Waals surface area contributed by atoms with E-state index in [1.54, 1.807) is 6.92 Å². The van der Waals surface area contributed by atoms with E-state index < -0.39 is 10.2 Å². The van der Waals surface area contributed by atoms with Gasteiger partial charge in [0.15, 0.2) is 0 Å². The Kier molecular flexibility index (Phi) is 5.09. The van der Waals surface area contributed by atoms with Crippen molar-refractivity contribution in [3.63, 3.8) is 0 Å². The molecule has 0 unspecified atom stereocenters. The van der Waals surface area contributed by atoms with Gasteiger partial charge in [-0.15, -0.1) is 0 Å². The third-order valence-corrected chi connectivity index (χ3v) is 6.28. The minimum atomic E-state index is -3.52. The molecule has 0 spiro atoms. The molecular formula is C14H25N5O4S. The molecule has 1 aromatic rings. The molecule has 1 N–H and O–H groups in total. The minimum Gasteiger partial charge on any atom is -0.379 e. The summed E-state index contributed by atoms with van der Waals surface area (Å²) >= 11 is 0. The van der Waals surface area contributed by atoms with Crippen molar-refractivity contribution in [1.29, 1.82) is 0 Å². The lowest BCUT2D eigenvalue weighted by Crippen LogP contribution is -2.52. The van der Waals surface area contributed by atoms with E-state index in [1.807, 2.05) is 4.90 Å². The summed E-state index contributed by atoms with van der Waals surface area (Å²) < 4.78 is 39.9. The highest BCUT2D eigenvalue weighted by atomic mass is 32.2. The maximum Gasteiger partial charge on any atom is 0.279 e. The van der Waals surface area contributed by atoms with Crippen molar-refractivity contribution in [2.75, 3.05) is 44.3 Å². The summed E-state index contributed by atoms with van der Waals surface area (Å²) in [7, 11) is -3.52. The Morgan fingerprint density at radius 1 is 1.25 bits per heavy atom. The molecule has 2 saturated heterocycles. The van der Waals surface area contributed by atoms with Gasteiger partial charge in [0.05, 0.1) is 13.2 Å².